The van der Waals surface area contributed by atoms with Crippen molar-refractivity contribution < 1.29 is 18.7 Å². The number of fused-ring (bicyclic) bond motifs is 1. The molecule has 1 N–H and O–H groups in total. The zero-order valence-electron chi connectivity index (χ0n) is 18.4. The molecule has 4 rings (SSSR count). The number of ether oxygens (including phenoxy) is 1. The van der Waals surface area contributed by atoms with E-state index in [0.29, 0.717) is 16.6 Å². The van der Waals surface area contributed by atoms with Crippen LogP contribution in [0.15, 0.2) is 59.4 Å². The molecule has 0 saturated carbocycles. The number of rotatable bonds is 7. The molecule has 0 radical (unpaired) electrons. The summed E-state index contributed by atoms with van der Waals surface area (Å²) >= 11 is 1.32. The molecular formula is C24H21FN4O4S. The predicted molar refractivity (Wildman–Crippen MR) is 126 cm³/mol. The summed E-state index contributed by atoms with van der Waals surface area (Å²) in [5.41, 5.74) is 0.558. The van der Waals surface area contributed by atoms with Crippen LogP contribution in [0.2, 0.25) is 0 Å². The molecule has 174 valence electrons. The second kappa shape index (κ2) is 9.92. The Morgan fingerprint density at radius 1 is 1.15 bits per heavy atom. The van der Waals surface area contributed by atoms with Crippen molar-refractivity contribution in [3.8, 4) is 0 Å². The van der Waals surface area contributed by atoms with E-state index in [4.69, 9.17) is 4.74 Å². The number of nitrogens with one attached hydrogen (secondary N) is 1. The largest absolute Gasteiger partial charge is 0.456 e. The van der Waals surface area contributed by atoms with E-state index in [0.717, 1.165) is 11.4 Å². The van der Waals surface area contributed by atoms with Gasteiger partial charge in [0.15, 0.2) is 0 Å². The van der Waals surface area contributed by atoms with E-state index in [-0.39, 0.29) is 29.0 Å². The van der Waals surface area contributed by atoms with E-state index in [2.05, 4.69) is 29.2 Å². The molecule has 4 aromatic rings. The van der Waals surface area contributed by atoms with Crippen LogP contribution in [0, 0.1) is 11.7 Å². The van der Waals surface area contributed by atoms with Crippen molar-refractivity contribution in [1.29, 1.82) is 0 Å². The smallest absolute Gasteiger partial charge is 0.340 e. The highest BCUT2D eigenvalue weighted by atomic mass is 32.1. The fourth-order valence-corrected chi connectivity index (χ4v) is 4.31. The van der Waals surface area contributed by atoms with E-state index >= 15 is 0 Å². The molecule has 1 amide bonds. The van der Waals surface area contributed by atoms with Crippen LogP contribution < -0.4 is 10.9 Å². The van der Waals surface area contributed by atoms with Gasteiger partial charge in [-0.25, -0.2) is 14.2 Å². The highest BCUT2D eigenvalue weighted by Gasteiger charge is 2.17. The summed E-state index contributed by atoms with van der Waals surface area (Å²) in [6, 6.07) is 12.7. The first-order valence-electron chi connectivity index (χ1n) is 10.5. The number of esters is 1. The molecule has 2 aromatic heterocycles. The fraction of sp³-hybridized carbons (Fsp3) is 0.208. The van der Waals surface area contributed by atoms with Crippen LogP contribution in [-0.2, 0) is 17.8 Å². The van der Waals surface area contributed by atoms with Crippen LogP contribution in [0.1, 0.15) is 45.3 Å². The summed E-state index contributed by atoms with van der Waals surface area (Å²) in [5, 5.41) is 7.74. The molecule has 0 aliphatic carbocycles. The SMILES string of the molecule is CC(C)Cc1nn2c(=O)cc(COC(=O)c3ccccc3NC(=O)c3ccc(F)cc3)nc2s1. The van der Waals surface area contributed by atoms with Gasteiger partial charge in [0.25, 0.3) is 11.5 Å². The highest BCUT2D eigenvalue weighted by Crippen LogP contribution is 2.19. The molecule has 0 saturated heterocycles. The number of aromatic nitrogens is 3. The van der Waals surface area contributed by atoms with Crippen molar-refractivity contribution in [2.45, 2.75) is 26.9 Å². The maximum absolute atomic E-state index is 13.1. The van der Waals surface area contributed by atoms with Crippen LogP contribution in [0.4, 0.5) is 10.1 Å². The van der Waals surface area contributed by atoms with Crippen LogP contribution in [-0.4, -0.2) is 26.5 Å². The lowest BCUT2D eigenvalue weighted by Gasteiger charge is -2.11. The van der Waals surface area contributed by atoms with Crippen molar-refractivity contribution in [1.82, 2.24) is 14.6 Å². The van der Waals surface area contributed by atoms with Gasteiger partial charge in [-0.05, 0) is 42.3 Å². The van der Waals surface area contributed by atoms with Gasteiger partial charge < -0.3 is 10.1 Å². The lowest BCUT2D eigenvalue weighted by Crippen LogP contribution is -2.18. The Kier molecular flexibility index (Phi) is 6.78. The summed E-state index contributed by atoms with van der Waals surface area (Å²) < 4.78 is 19.7. The first kappa shape index (κ1) is 23.2. The molecular weight excluding hydrogens is 459 g/mol. The first-order chi connectivity index (χ1) is 16.3. The first-order valence-corrected chi connectivity index (χ1v) is 11.3. The number of hydrogen-bond donors (Lipinski definition) is 1. The lowest BCUT2D eigenvalue weighted by atomic mass is 10.1. The maximum Gasteiger partial charge on any atom is 0.340 e. The minimum atomic E-state index is -0.693. The number of benzene rings is 2. The van der Waals surface area contributed by atoms with Crippen molar-refractivity contribution in [2.24, 2.45) is 5.92 Å². The van der Waals surface area contributed by atoms with Crippen LogP contribution in [0.3, 0.4) is 0 Å². The van der Waals surface area contributed by atoms with E-state index < -0.39 is 17.7 Å². The predicted octanol–water partition coefficient (Wildman–Crippen LogP) is 4.10. The molecule has 0 unspecified atom stereocenters. The number of nitrogens with zero attached hydrogens (tertiary/aromatic N) is 3. The lowest BCUT2D eigenvalue weighted by molar-refractivity contribution is 0.0469. The van der Waals surface area contributed by atoms with Crippen molar-refractivity contribution >= 4 is 33.9 Å². The van der Waals surface area contributed by atoms with Gasteiger partial charge in [0.2, 0.25) is 4.96 Å². The van der Waals surface area contributed by atoms with Crippen LogP contribution in [0.5, 0.6) is 0 Å². The number of halogens is 1. The Balaban J connectivity index is 1.48. The molecule has 0 atom stereocenters. The third-order valence-electron chi connectivity index (χ3n) is 4.78. The van der Waals surface area contributed by atoms with Gasteiger partial charge in [-0.2, -0.15) is 9.61 Å². The minimum Gasteiger partial charge on any atom is -0.456 e. The second-order valence-electron chi connectivity index (χ2n) is 7.96. The molecule has 0 aliphatic rings. The molecule has 8 nitrogen and oxygen atoms in total. The number of hydrogen-bond acceptors (Lipinski definition) is 7. The molecule has 0 spiro atoms. The van der Waals surface area contributed by atoms with E-state index in [1.54, 1.807) is 18.2 Å². The Labute approximate surface area is 198 Å². The standard InChI is InChI=1S/C24H21FN4O4S/c1-14(2)11-20-28-29-21(30)12-17(26-24(29)34-20)13-33-23(32)18-5-3-4-6-19(18)27-22(31)15-7-9-16(25)10-8-15/h3-10,12,14H,11,13H2,1-2H3,(H,27,31). The summed E-state index contributed by atoms with van der Waals surface area (Å²) in [4.78, 5) is 42.4. The molecule has 2 aromatic carbocycles. The monoisotopic (exact) mass is 480 g/mol. The van der Waals surface area contributed by atoms with Gasteiger partial charge in [0.1, 0.15) is 17.4 Å². The summed E-state index contributed by atoms with van der Waals surface area (Å²) in [6.45, 7) is 3.91. The zero-order valence-corrected chi connectivity index (χ0v) is 19.3. The van der Waals surface area contributed by atoms with Crippen molar-refractivity contribution in [3.63, 3.8) is 0 Å². The summed E-state index contributed by atoms with van der Waals surface area (Å²) in [7, 11) is 0. The summed E-state index contributed by atoms with van der Waals surface area (Å²) in [5.74, 6) is -1.26. The molecule has 0 bridgehead atoms. The average Bonchev–Trinajstić information content (AvgIpc) is 3.20. The zero-order chi connectivity index (χ0) is 24.2. The third-order valence-corrected chi connectivity index (χ3v) is 5.71. The highest BCUT2D eigenvalue weighted by molar-refractivity contribution is 7.16. The minimum absolute atomic E-state index is 0.132. The fourth-order valence-electron chi connectivity index (χ4n) is 3.18. The third kappa shape index (κ3) is 5.34. The Morgan fingerprint density at radius 3 is 2.62 bits per heavy atom. The molecule has 0 aliphatic heterocycles. The van der Waals surface area contributed by atoms with Gasteiger partial charge in [0.05, 0.1) is 16.9 Å². The van der Waals surface area contributed by atoms with Gasteiger partial charge in [-0.1, -0.05) is 37.3 Å². The second-order valence-corrected chi connectivity index (χ2v) is 9.00. The van der Waals surface area contributed by atoms with Gasteiger partial charge in [-0.15, -0.1) is 0 Å². The number of anilines is 1. The molecule has 10 heteroatoms. The Bertz CT molecular complexity index is 1410. The Hall–Kier alpha value is -3.92. The van der Waals surface area contributed by atoms with Crippen LogP contribution in [0.25, 0.3) is 4.96 Å². The van der Waals surface area contributed by atoms with Gasteiger partial charge in [0, 0.05) is 18.1 Å². The van der Waals surface area contributed by atoms with Gasteiger partial charge >= 0.3 is 5.97 Å². The van der Waals surface area contributed by atoms with Crippen molar-refractivity contribution in [3.05, 3.63) is 92.6 Å². The number of carbonyl (C=O) groups is 2. The number of amides is 1. The molecule has 0 fully saturated rings. The summed E-state index contributed by atoms with van der Waals surface area (Å²) in [6.07, 6.45) is 0.734. The average molecular weight is 481 g/mol. The number of carbonyl (C=O) groups excluding carboxylic acids is 2. The Morgan fingerprint density at radius 2 is 1.88 bits per heavy atom. The normalized spacial score (nSPS) is 11.1. The topological polar surface area (TPSA) is 103 Å². The quantitative estimate of drug-likeness (QED) is 0.400. The van der Waals surface area contributed by atoms with Crippen LogP contribution >= 0.6 is 11.3 Å². The molecule has 34 heavy (non-hydrogen) atoms. The molecule has 2 heterocycles. The number of para-hydroxylation sites is 1. The van der Waals surface area contributed by atoms with E-state index in [9.17, 15) is 18.8 Å². The van der Waals surface area contributed by atoms with E-state index in [1.807, 2.05) is 0 Å². The van der Waals surface area contributed by atoms with Gasteiger partial charge in [-0.3, -0.25) is 9.59 Å². The van der Waals surface area contributed by atoms with Crippen molar-refractivity contribution in [2.75, 3.05) is 5.32 Å². The van der Waals surface area contributed by atoms with E-state index in [1.165, 1.54) is 52.3 Å². The maximum atomic E-state index is 13.1.